The molecule has 0 aliphatic carbocycles. The Morgan fingerprint density at radius 3 is 2.71 bits per heavy atom. The first-order valence-electron chi connectivity index (χ1n) is 9.48. The molecule has 2 heterocycles. The van der Waals surface area contributed by atoms with E-state index in [1.54, 1.807) is 11.3 Å². The highest BCUT2D eigenvalue weighted by Crippen LogP contribution is 2.32. The molecule has 0 saturated heterocycles. The second-order valence-electron chi connectivity index (χ2n) is 6.70. The molecule has 0 fully saturated rings. The quantitative estimate of drug-likeness (QED) is 0.349. The molecular formula is C23H23N3S2. The first-order chi connectivity index (χ1) is 13.8. The molecule has 0 saturated carbocycles. The van der Waals surface area contributed by atoms with E-state index in [2.05, 4.69) is 88.7 Å². The largest absolute Gasteiger partial charge is 0.361 e. The van der Waals surface area contributed by atoms with E-state index in [1.165, 1.54) is 21.4 Å². The minimum Gasteiger partial charge on any atom is -0.361 e. The molecule has 0 spiro atoms. The van der Waals surface area contributed by atoms with Crippen LogP contribution in [0.25, 0.3) is 10.9 Å². The number of aryl methyl sites for hydroxylation is 1. The van der Waals surface area contributed by atoms with Crippen LogP contribution in [0, 0.1) is 0 Å². The summed E-state index contributed by atoms with van der Waals surface area (Å²) in [6.07, 6.45) is 3.10. The van der Waals surface area contributed by atoms with Gasteiger partial charge < -0.3 is 15.6 Å². The van der Waals surface area contributed by atoms with Crippen molar-refractivity contribution in [1.82, 2.24) is 10.3 Å². The molecule has 1 atom stereocenters. The van der Waals surface area contributed by atoms with E-state index in [-0.39, 0.29) is 5.92 Å². The van der Waals surface area contributed by atoms with Crippen molar-refractivity contribution in [3.63, 3.8) is 0 Å². The van der Waals surface area contributed by atoms with Crippen LogP contribution in [-0.2, 0) is 6.42 Å². The topological polar surface area (TPSA) is 39.8 Å². The zero-order chi connectivity index (χ0) is 19.3. The van der Waals surface area contributed by atoms with Gasteiger partial charge in [-0.1, -0.05) is 49.4 Å². The third-order valence-electron chi connectivity index (χ3n) is 5.00. The number of fused-ring (bicyclic) bond motifs is 1. The first kappa shape index (κ1) is 18.7. The van der Waals surface area contributed by atoms with Gasteiger partial charge in [-0.25, -0.2) is 0 Å². The van der Waals surface area contributed by atoms with Crippen molar-refractivity contribution in [3.8, 4) is 0 Å². The van der Waals surface area contributed by atoms with Crippen molar-refractivity contribution >= 4 is 45.3 Å². The summed E-state index contributed by atoms with van der Waals surface area (Å²) in [7, 11) is 0. The fraction of sp³-hybridized carbons (Fsp3) is 0.174. The molecule has 2 aromatic carbocycles. The van der Waals surface area contributed by atoms with Crippen LogP contribution < -0.4 is 10.6 Å². The van der Waals surface area contributed by atoms with Crippen LogP contribution in [0.3, 0.4) is 0 Å². The predicted octanol–water partition coefficient (Wildman–Crippen LogP) is 5.91. The van der Waals surface area contributed by atoms with Crippen molar-refractivity contribution in [2.75, 3.05) is 11.9 Å². The molecule has 28 heavy (non-hydrogen) atoms. The maximum absolute atomic E-state index is 5.59. The average molecular weight is 406 g/mol. The summed E-state index contributed by atoms with van der Waals surface area (Å²) in [5.41, 5.74) is 4.79. The Morgan fingerprint density at radius 2 is 1.89 bits per heavy atom. The van der Waals surface area contributed by atoms with Gasteiger partial charge in [-0.2, -0.15) is 0 Å². The fourth-order valence-corrected chi connectivity index (χ4v) is 4.59. The van der Waals surface area contributed by atoms with Crippen molar-refractivity contribution in [2.24, 2.45) is 0 Å². The van der Waals surface area contributed by atoms with Crippen LogP contribution in [0.15, 0.2) is 72.2 Å². The van der Waals surface area contributed by atoms with Crippen LogP contribution in [0.5, 0.6) is 0 Å². The van der Waals surface area contributed by atoms with Crippen molar-refractivity contribution in [3.05, 3.63) is 88.2 Å². The number of para-hydroxylation sites is 2. The molecule has 2 aromatic heterocycles. The minimum atomic E-state index is 0.234. The number of rotatable bonds is 6. The smallest absolute Gasteiger partial charge is 0.170 e. The van der Waals surface area contributed by atoms with Crippen LogP contribution in [0.4, 0.5) is 5.69 Å². The molecule has 0 aliphatic rings. The Morgan fingerprint density at radius 1 is 1.07 bits per heavy atom. The first-order valence-corrected chi connectivity index (χ1v) is 10.8. The number of thiocarbonyl (C=S) groups is 1. The minimum absolute atomic E-state index is 0.234. The molecule has 4 rings (SSSR count). The summed E-state index contributed by atoms with van der Waals surface area (Å²) >= 11 is 7.37. The van der Waals surface area contributed by atoms with Gasteiger partial charge in [0.2, 0.25) is 0 Å². The normalized spacial score (nSPS) is 12.0. The van der Waals surface area contributed by atoms with E-state index >= 15 is 0 Å². The second kappa shape index (κ2) is 8.59. The molecule has 0 amide bonds. The average Bonchev–Trinajstić information content (AvgIpc) is 3.39. The highest BCUT2D eigenvalue weighted by atomic mass is 32.1. The molecular weight excluding hydrogens is 382 g/mol. The lowest BCUT2D eigenvalue weighted by molar-refractivity contribution is 0.778. The lowest BCUT2D eigenvalue weighted by Crippen LogP contribution is -2.32. The van der Waals surface area contributed by atoms with Crippen molar-refractivity contribution < 1.29 is 0 Å². The van der Waals surface area contributed by atoms with E-state index in [1.807, 2.05) is 6.07 Å². The molecule has 5 heteroatoms. The number of aromatic amines is 1. The Balaban J connectivity index is 1.53. The van der Waals surface area contributed by atoms with E-state index in [9.17, 15) is 0 Å². The molecule has 0 unspecified atom stereocenters. The van der Waals surface area contributed by atoms with Gasteiger partial charge in [0, 0.05) is 40.1 Å². The van der Waals surface area contributed by atoms with Crippen molar-refractivity contribution in [2.45, 2.75) is 19.3 Å². The molecule has 4 aromatic rings. The summed E-state index contributed by atoms with van der Waals surface area (Å²) in [4.78, 5) is 4.73. The molecule has 142 valence electrons. The van der Waals surface area contributed by atoms with Gasteiger partial charge in [-0.3, -0.25) is 0 Å². The fourth-order valence-electron chi connectivity index (χ4n) is 3.55. The van der Waals surface area contributed by atoms with E-state index < -0.39 is 0 Å². The van der Waals surface area contributed by atoms with Gasteiger partial charge in [0.25, 0.3) is 0 Å². The maximum atomic E-state index is 5.59. The number of benzene rings is 2. The lowest BCUT2D eigenvalue weighted by atomic mass is 9.97. The third kappa shape index (κ3) is 3.96. The molecule has 0 radical (unpaired) electrons. The zero-order valence-electron chi connectivity index (χ0n) is 15.7. The monoisotopic (exact) mass is 405 g/mol. The van der Waals surface area contributed by atoms with Gasteiger partial charge in [0.05, 0.1) is 0 Å². The van der Waals surface area contributed by atoms with Gasteiger partial charge >= 0.3 is 0 Å². The van der Waals surface area contributed by atoms with Gasteiger partial charge in [-0.05, 0) is 53.3 Å². The van der Waals surface area contributed by atoms with Gasteiger partial charge in [0.15, 0.2) is 5.11 Å². The summed E-state index contributed by atoms with van der Waals surface area (Å²) in [6, 6.07) is 21.0. The van der Waals surface area contributed by atoms with E-state index in [0.717, 1.165) is 24.2 Å². The SMILES string of the molecule is CCc1ccccc1NC(=S)NC[C@H](c1cccs1)c1c[nH]c2ccccc12. The molecule has 0 aliphatic heterocycles. The lowest BCUT2D eigenvalue weighted by Gasteiger charge is -2.19. The van der Waals surface area contributed by atoms with Crippen LogP contribution in [0.1, 0.15) is 28.8 Å². The number of nitrogens with one attached hydrogen (secondary N) is 3. The standard InChI is InChI=1S/C23H23N3S2/c1-2-16-8-3-5-10-20(16)26-23(27)25-15-19(22-12-7-13-28-22)18-14-24-21-11-6-4-9-17(18)21/h3-14,19,24H,2,15H2,1H3,(H2,25,26,27)/t19-/m0/s1. The number of H-pyrrole nitrogens is 1. The summed E-state index contributed by atoms with van der Waals surface area (Å²) in [6.45, 7) is 2.89. The summed E-state index contributed by atoms with van der Waals surface area (Å²) < 4.78 is 0. The highest BCUT2D eigenvalue weighted by Gasteiger charge is 2.19. The number of hydrogen-bond donors (Lipinski definition) is 3. The Labute approximate surface area is 174 Å². The van der Waals surface area contributed by atoms with Crippen molar-refractivity contribution in [1.29, 1.82) is 0 Å². The highest BCUT2D eigenvalue weighted by molar-refractivity contribution is 7.80. The number of aromatic nitrogens is 1. The summed E-state index contributed by atoms with van der Waals surface area (Å²) in [5.74, 6) is 0.234. The van der Waals surface area contributed by atoms with Gasteiger partial charge in [0.1, 0.15) is 0 Å². The summed E-state index contributed by atoms with van der Waals surface area (Å²) in [5, 5.41) is 10.8. The van der Waals surface area contributed by atoms with E-state index in [0.29, 0.717) is 5.11 Å². The predicted molar refractivity (Wildman–Crippen MR) is 125 cm³/mol. The molecule has 0 bridgehead atoms. The van der Waals surface area contributed by atoms with Crippen LogP contribution in [-0.4, -0.2) is 16.6 Å². The molecule has 3 N–H and O–H groups in total. The maximum Gasteiger partial charge on any atom is 0.170 e. The zero-order valence-corrected chi connectivity index (χ0v) is 17.4. The molecule has 3 nitrogen and oxygen atoms in total. The van der Waals surface area contributed by atoms with E-state index in [4.69, 9.17) is 12.2 Å². The Bertz CT molecular complexity index is 1070. The number of thiophene rings is 1. The second-order valence-corrected chi connectivity index (χ2v) is 8.09. The third-order valence-corrected chi connectivity index (χ3v) is 6.23. The number of anilines is 1. The number of hydrogen-bond acceptors (Lipinski definition) is 2. The Kier molecular flexibility index (Phi) is 5.74. The van der Waals surface area contributed by atoms with Crippen LogP contribution in [0.2, 0.25) is 0 Å². The van der Waals surface area contributed by atoms with Crippen LogP contribution >= 0.6 is 23.6 Å². The van der Waals surface area contributed by atoms with Gasteiger partial charge in [-0.15, -0.1) is 11.3 Å². The Hall–Kier alpha value is -2.63.